The van der Waals surface area contributed by atoms with E-state index in [2.05, 4.69) is 23.2 Å². The first-order valence-electron chi connectivity index (χ1n) is 2.06. The predicted octanol–water partition coefficient (Wildman–Crippen LogP) is 0.816. The van der Waals surface area contributed by atoms with Crippen LogP contribution in [0.15, 0.2) is 0 Å². The third-order valence-electron chi connectivity index (χ3n) is 0.218. The molecule has 0 atom stereocenters. The van der Waals surface area contributed by atoms with E-state index in [4.69, 9.17) is 19.8 Å². The number of nitrogens with two attached hydrogens (primary N) is 4. The first-order chi connectivity index (χ1) is 4.54. The van der Waals surface area contributed by atoms with E-state index in [0.717, 1.165) is 0 Å². The van der Waals surface area contributed by atoms with E-state index >= 15 is 0 Å². The fourth-order valence-corrected chi connectivity index (χ4v) is 0. The van der Waals surface area contributed by atoms with Gasteiger partial charge in [-0.15, -0.1) is 23.2 Å². The Bertz CT molecular complexity index is 117. The van der Waals surface area contributed by atoms with Crippen molar-refractivity contribution in [2.75, 3.05) is 11.8 Å². The Morgan fingerprint density at radius 1 is 0.800 bits per heavy atom. The molecule has 0 radical (unpaired) electrons. The van der Waals surface area contributed by atoms with Crippen LogP contribution < -0.4 is 10.2 Å². The number of carboxylic acid groups (broad SMARTS) is 2. The van der Waals surface area contributed by atoms with Gasteiger partial charge in [-0.3, -0.25) is 0 Å². The number of aliphatic carboxylic acids is 2. The molecule has 0 amide bonds. The number of hydrogen-bond acceptors (Lipinski definition) is 4. The normalized spacial score (nSPS) is 4.93. The van der Waals surface area contributed by atoms with Gasteiger partial charge in [0, 0.05) is 0 Å². The minimum atomic E-state index is -1.23. The Labute approximate surface area is 108 Å². The summed E-state index contributed by atoms with van der Waals surface area (Å²) in [6.45, 7) is 0. The van der Waals surface area contributed by atoms with Crippen molar-refractivity contribution in [3.8, 4) is 0 Å². The number of hydrogen-bond donors (Lipinski definition) is 0. The van der Waals surface area contributed by atoms with Crippen molar-refractivity contribution in [1.29, 1.82) is 0 Å². The summed E-state index contributed by atoms with van der Waals surface area (Å²) in [5.41, 5.74) is 0. The Kier molecular flexibility index (Phi) is 114. The first-order valence-corrected chi connectivity index (χ1v) is 3.13. The Morgan fingerprint density at radius 2 is 0.867 bits per heavy atom. The SMILES string of the molecule is O=C([O-])CCl.O=C([O-])CCl.[Co+3].[NH2-].[NH2-].[NH2-].[NH2-]. The second-order valence-corrected chi connectivity index (χ2v) is 1.55. The number of halogens is 2. The minimum absolute atomic E-state index is 0. The molecule has 0 fully saturated rings. The number of carboxylic acids is 2. The minimum Gasteiger partial charge on any atom is -0.693 e. The molecule has 0 unspecified atom stereocenters. The second kappa shape index (κ2) is 37.1. The molecule has 98 valence electrons. The van der Waals surface area contributed by atoms with Crippen LogP contribution in [0.25, 0.3) is 24.6 Å². The van der Waals surface area contributed by atoms with Crippen molar-refractivity contribution in [2.24, 2.45) is 0 Å². The van der Waals surface area contributed by atoms with E-state index in [9.17, 15) is 0 Å². The van der Waals surface area contributed by atoms with Gasteiger partial charge >= 0.3 is 16.8 Å². The molecule has 0 aromatic carbocycles. The van der Waals surface area contributed by atoms with Crippen LogP contribution in [-0.2, 0) is 26.4 Å². The van der Waals surface area contributed by atoms with Gasteiger partial charge < -0.3 is 44.4 Å². The van der Waals surface area contributed by atoms with Crippen LogP contribution in [0, 0.1) is 0 Å². The maximum absolute atomic E-state index is 9.12. The quantitative estimate of drug-likeness (QED) is 0.676. The Balaban J connectivity index is -0.0000000128. The van der Waals surface area contributed by atoms with Crippen LogP contribution in [0.3, 0.4) is 0 Å². The van der Waals surface area contributed by atoms with E-state index < -0.39 is 23.7 Å². The molecule has 0 aromatic heterocycles. The van der Waals surface area contributed by atoms with Gasteiger partial charge in [0.05, 0.1) is 23.7 Å². The Morgan fingerprint density at radius 3 is 0.867 bits per heavy atom. The van der Waals surface area contributed by atoms with Crippen molar-refractivity contribution in [2.45, 2.75) is 0 Å². The van der Waals surface area contributed by atoms with E-state index in [1.54, 1.807) is 0 Å². The molecule has 0 heterocycles. The molecular formula is C4H12Cl2CoN4O4-3. The largest absolute Gasteiger partial charge is 3.00 e. The molecule has 8 N–H and O–H groups in total. The molecule has 0 bridgehead atoms. The summed E-state index contributed by atoms with van der Waals surface area (Å²) < 4.78 is 0. The summed E-state index contributed by atoms with van der Waals surface area (Å²) >= 11 is 9.35. The van der Waals surface area contributed by atoms with Crippen LogP contribution in [0.1, 0.15) is 0 Å². The van der Waals surface area contributed by atoms with Gasteiger partial charge in [-0.1, -0.05) is 0 Å². The standard InChI is InChI=1S/2C2H3ClO2.Co.4H2N/c2*3-1-2(4)5;;;;;/h2*1H2,(H,4,5);;4*1H2/q;;+3;4*-1/p-2. The van der Waals surface area contributed by atoms with Gasteiger partial charge in [0.1, 0.15) is 0 Å². The molecule has 0 aromatic rings. The summed E-state index contributed by atoms with van der Waals surface area (Å²) in [5, 5.41) is 18.2. The number of carbonyl (C=O) groups is 2. The number of alkyl halides is 2. The summed E-state index contributed by atoms with van der Waals surface area (Å²) in [6, 6.07) is 0. The van der Waals surface area contributed by atoms with Crippen molar-refractivity contribution in [1.82, 2.24) is 0 Å². The molecule has 0 aliphatic rings. The van der Waals surface area contributed by atoms with Crippen LogP contribution in [-0.4, -0.2) is 23.7 Å². The van der Waals surface area contributed by atoms with Crippen LogP contribution >= 0.6 is 23.2 Å². The molecule has 0 saturated carbocycles. The van der Waals surface area contributed by atoms with Gasteiger partial charge in [0.2, 0.25) is 0 Å². The zero-order valence-corrected chi connectivity index (χ0v) is 10.00. The molecule has 15 heavy (non-hydrogen) atoms. The molecular weight excluding hydrogens is 298 g/mol. The summed E-state index contributed by atoms with van der Waals surface area (Å²) in [6.07, 6.45) is 0. The van der Waals surface area contributed by atoms with Gasteiger partial charge in [-0.2, -0.15) is 0 Å². The number of rotatable bonds is 2. The zero-order chi connectivity index (χ0) is 8.57. The third kappa shape index (κ3) is 131. The molecule has 11 heteroatoms. The predicted molar refractivity (Wildman–Crippen MR) is 52.6 cm³/mol. The van der Waals surface area contributed by atoms with Crippen molar-refractivity contribution in [3.63, 3.8) is 0 Å². The van der Waals surface area contributed by atoms with Gasteiger partial charge in [0.15, 0.2) is 0 Å². The Hall–Kier alpha value is -0.134. The van der Waals surface area contributed by atoms with E-state index in [1.807, 2.05) is 0 Å². The fourth-order valence-electron chi connectivity index (χ4n) is 0. The summed E-state index contributed by atoms with van der Waals surface area (Å²) in [7, 11) is 0. The number of carbonyl (C=O) groups excluding carboxylic acids is 2. The summed E-state index contributed by atoms with van der Waals surface area (Å²) in [4.78, 5) is 18.2. The monoisotopic (exact) mass is 309 g/mol. The summed E-state index contributed by atoms with van der Waals surface area (Å²) in [5.74, 6) is -3.29. The van der Waals surface area contributed by atoms with E-state index in [1.165, 1.54) is 0 Å². The van der Waals surface area contributed by atoms with Crippen molar-refractivity contribution < 1.29 is 36.6 Å². The van der Waals surface area contributed by atoms with E-state index in [0.29, 0.717) is 0 Å². The molecule has 0 spiro atoms. The van der Waals surface area contributed by atoms with Crippen LogP contribution in [0.4, 0.5) is 0 Å². The maximum Gasteiger partial charge on any atom is 3.00 e. The van der Waals surface area contributed by atoms with Gasteiger partial charge in [-0.25, -0.2) is 0 Å². The van der Waals surface area contributed by atoms with Crippen LogP contribution in [0.5, 0.6) is 0 Å². The maximum atomic E-state index is 9.12. The third-order valence-corrected chi connectivity index (χ3v) is 0.655. The first kappa shape index (κ1) is 46.2. The average Bonchev–Trinajstić information content (AvgIpc) is 1.89. The topological polar surface area (TPSA) is 214 Å². The second-order valence-electron chi connectivity index (χ2n) is 1.01. The van der Waals surface area contributed by atoms with Gasteiger partial charge in [0.25, 0.3) is 0 Å². The molecule has 0 aliphatic heterocycles. The van der Waals surface area contributed by atoms with E-state index in [-0.39, 0.29) is 41.4 Å². The molecule has 0 aliphatic carbocycles. The molecule has 0 rings (SSSR count). The zero-order valence-electron chi connectivity index (χ0n) is 7.45. The molecule has 0 saturated heterocycles. The van der Waals surface area contributed by atoms with Crippen molar-refractivity contribution >= 4 is 35.1 Å². The average molecular weight is 310 g/mol. The smallest absolute Gasteiger partial charge is 0.693 e. The van der Waals surface area contributed by atoms with Gasteiger partial charge in [-0.05, 0) is 0 Å². The fraction of sp³-hybridized carbons (Fsp3) is 0.500. The van der Waals surface area contributed by atoms with Crippen LogP contribution in [0.2, 0.25) is 0 Å². The van der Waals surface area contributed by atoms with Crippen molar-refractivity contribution in [3.05, 3.63) is 24.6 Å². The molecule has 8 nitrogen and oxygen atoms in total.